The second kappa shape index (κ2) is 5.13. The van der Waals surface area contributed by atoms with E-state index in [1.54, 1.807) is 0 Å². The summed E-state index contributed by atoms with van der Waals surface area (Å²) in [5.74, 6) is 0.266. The lowest BCUT2D eigenvalue weighted by Crippen LogP contribution is -2.33. The monoisotopic (exact) mass is 282 g/mol. The van der Waals surface area contributed by atoms with Crippen LogP contribution in [0, 0.1) is 5.92 Å². The maximum absolute atomic E-state index is 9.93. The summed E-state index contributed by atoms with van der Waals surface area (Å²) in [6, 6.07) is 7.99. The number of aliphatic hydroxyl groups is 1. The zero-order valence-corrected chi connectivity index (χ0v) is 10.6. The molecule has 0 amide bonds. The first-order valence-corrected chi connectivity index (χ1v) is 6.19. The van der Waals surface area contributed by atoms with Gasteiger partial charge in [0.05, 0.1) is 6.61 Å². The van der Waals surface area contributed by atoms with Crippen LogP contribution in [0.15, 0.2) is 41.4 Å². The van der Waals surface area contributed by atoms with Crippen molar-refractivity contribution in [3.05, 3.63) is 47.0 Å². The van der Waals surface area contributed by atoms with E-state index >= 15 is 0 Å². The molecule has 1 N–H and O–H groups in total. The van der Waals surface area contributed by atoms with Crippen molar-refractivity contribution >= 4 is 15.9 Å². The predicted octanol–water partition coefficient (Wildman–Crippen LogP) is 3.07. The Hall–Kier alpha value is -0.640. The number of rotatable bonds is 2. The van der Waals surface area contributed by atoms with Crippen molar-refractivity contribution in [3.8, 4) is 0 Å². The maximum atomic E-state index is 9.93. The van der Waals surface area contributed by atoms with E-state index in [0.29, 0.717) is 6.61 Å². The largest absolute Gasteiger partial charge is 0.367 e. The van der Waals surface area contributed by atoms with Crippen molar-refractivity contribution in [1.29, 1.82) is 0 Å². The van der Waals surface area contributed by atoms with Crippen LogP contribution < -0.4 is 0 Å². The van der Waals surface area contributed by atoms with Gasteiger partial charge in [-0.2, -0.15) is 0 Å². The number of hydrogen-bond donors (Lipinski definition) is 1. The van der Waals surface area contributed by atoms with Gasteiger partial charge in [-0.1, -0.05) is 34.1 Å². The molecule has 0 spiro atoms. The topological polar surface area (TPSA) is 29.5 Å². The van der Waals surface area contributed by atoms with Crippen molar-refractivity contribution in [2.75, 3.05) is 6.61 Å². The van der Waals surface area contributed by atoms with Crippen molar-refractivity contribution in [2.24, 2.45) is 5.92 Å². The maximum Gasteiger partial charge on any atom is 0.161 e. The van der Waals surface area contributed by atoms with E-state index in [-0.39, 0.29) is 11.8 Å². The minimum absolute atomic E-state index is 0.0104. The summed E-state index contributed by atoms with van der Waals surface area (Å²) in [4.78, 5) is 0. The Kier molecular flexibility index (Phi) is 3.79. The van der Waals surface area contributed by atoms with Crippen LogP contribution in [-0.4, -0.2) is 18.0 Å². The number of benzene rings is 1. The second-order valence-corrected chi connectivity index (χ2v) is 4.95. The minimum Gasteiger partial charge on any atom is -0.367 e. The first-order chi connectivity index (χ1) is 7.72. The van der Waals surface area contributed by atoms with Crippen molar-refractivity contribution in [3.63, 3.8) is 0 Å². The van der Waals surface area contributed by atoms with Gasteiger partial charge in [-0.25, -0.2) is 0 Å². The van der Waals surface area contributed by atoms with Crippen LogP contribution in [0.3, 0.4) is 0 Å². The van der Waals surface area contributed by atoms with Gasteiger partial charge in [0.15, 0.2) is 6.29 Å². The lowest BCUT2D eigenvalue weighted by Gasteiger charge is -2.34. The summed E-state index contributed by atoms with van der Waals surface area (Å²) in [6.07, 6.45) is 2.10. The van der Waals surface area contributed by atoms with Gasteiger partial charge in [-0.15, -0.1) is 6.58 Å². The van der Waals surface area contributed by atoms with Gasteiger partial charge >= 0.3 is 0 Å². The molecule has 0 aromatic heterocycles. The molecule has 3 atom stereocenters. The Labute approximate surface area is 104 Å². The average Bonchev–Trinajstić information content (AvgIpc) is 2.28. The Balaban J connectivity index is 2.31. The van der Waals surface area contributed by atoms with E-state index in [2.05, 4.69) is 22.5 Å². The fourth-order valence-electron chi connectivity index (χ4n) is 2.21. The van der Waals surface area contributed by atoms with Gasteiger partial charge in [-0.3, -0.25) is 0 Å². The molecular weight excluding hydrogens is 268 g/mol. The quantitative estimate of drug-likeness (QED) is 0.845. The zero-order chi connectivity index (χ0) is 11.5. The molecule has 2 nitrogen and oxygen atoms in total. The lowest BCUT2D eigenvalue weighted by molar-refractivity contribution is -0.148. The molecule has 1 aromatic rings. The number of allylic oxidation sites excluding steroid dienone is 1. The summed E-state index contributed by atoms with van der Waals surface area (Å²) < 4.78 is 6.33. The standard InChI is InChI=1S/C13H15BrO2/c1-2-9-6-7-16-13(15)12(9)10-4-3-5-11(14)8-10/h2-5,8-9,12-13,15H,1,6-7H2. The van der Waals surface area contributed by atoms with E-state index in [1.165, 1.54) is 0 Å². The molecule has 3 unspecified atom stereocenters. The van der Waals surface area contributed by atoms with Crippen molar-refractivity contribution < 1.29 is 9.84 Å². The third-order valence-electron chi connectivity index (χ3n) is 3.04. The van der Waals surface area contributed by atoms with Gasteiger partial charge in [-0.05, 0) is 30.0 Å². The van der Waals surface area contributed by atoms with E-state index in [0.717, 1.165) is 16.5 Å². The first-order valence-electron chi connectivity index (χ1n) is 5.40. The van der Waals surface area contributed by atoms with Crippen LogP contribution in [0.5, 0.6) is 0 Å². The third kappa shape index (κ3) is 2.37. The van der Waals surface area contributed by atoms with E-state index < -0.39 is 6.29 Å². The minimum atomic E-state index is -0.731. The highest BCUT2D eigenvalue weighted by Gasteiger charge is 2.32. The molecule has 0 bridgehead atoms. The van der Waals surface area contributed by atoms with Crippen LogP contribution in [0.1, 0.15) is 17.9 Å². The van der Waals surface area contributed by atoms with E-state index in [9.17, 15) is 5.11 Å². The predicted molar refractivity (Wildman–Crippen MR) is 67.1 cm³/mol. The molecule has 2 rings (SSSR count). The molecule has 1 aliphatic heterocycles. The molecule has 0 saturated carbocycles. The van der Waals surface area contributed by atoms with Crippen molar-refractivity contribution in [2.45, 2.75) is 18.6 Å². The Morgan fingerprint density at radius 2 is 2.31 bits per heavy atom. The molecule has 1 heterocycles. The fraction of sp³-hybridized carbons (Fsp3) is 0.385. The third-order valence-corrected chi connectivity index (χ3v) is 3.54. The molecule has 1 aliphatic rings. The van der Waals surface area contributed by atoms with Crippen LogP contribution in [-0.2, 0) is 4.74 Å². The smallest absolute Gasteiger partial charge is 0.161 e. The van der Waals surface area contributed by atoms with Crippen molar-refractivity contribution in [1.82, 2.24) is 0 Å². The molecule has 86 valence electrons. The highest BCUT2D eigenvalue weighted by Crippen LogP contribution is 2.36. The summed E-state index contributed by atoms with van der Waals surface area (Å²) in [7, 11) is 0. The van der Waals surface area contributed by atoms with Gasteiger partial charge in [0, 0.05) is 10.4 Å². The van der Waals surface area contributed by atoms with Gasteiger partial charge in [0.1, 0.15) is 0 Å². The molecule has 0 radical (unpaired) electrons. The van der Waals surface area contributed by atoms with Gasteiger partial charge < -0.3 is 9.84 Å². The first kappa shape index (κ1) is 11.8. The second-order valence-electron chi connectivity index (χ2n) is 4.03. The van der Waals surface area contributed by atoms with Crippen LogP contribution in [0.2, 0.25) is 0 Å². The Bertz CT molecular complexity index is 378. The molecule has 1 fully saturated rings. The summed E-state index contributed by atoms with van der Waals surface area (Å²) in [5.41, 5.74) is 1.09. The number of aliphatic hydroxyl groups excluding tert-OH is 1. The van der Waals surface area contributed by atoms with Crippen LogP contribution in [0.25, 0.3) is 0 Å². The molecule has 1 aromatic carbocycles. The Morgan fingerprint density at radius 1 is 1.50 bits per heavy atom. The van der Waals surface area contributed by atoms with Gasteiger partial charge in [0.2, 0.25) is 0 Å². The summed E-state index contributed by atoms with van der Waals surface area (Å²) >= 11 is 3.44. The number of ether oxygens (including phenoxy) is 1. The van der Waals surface area contributed by atoms with Gasteiger partial charge in [0.25, 0.3) is 0 Å². The van der Waals surface area contributed by atoms with Crippen LogP contribution in [0.4, 0.5) is 0 Å². The fourth-order valence-corrected chi connectivity index (χ4v) is 2.63. The molecular formula is C13H15BrO2. The summed E-state index contributed by atoms with van der Waals surface area (Å²) in [5, 5.41) is 9.93. The van der Waals surface area contributed by atoms with Crippen LogP contribution >= 0.6 is 15.9 Å². The number of hydrogen-bond acceptors (Lipinski definition) is 2. The van der Waals surface area contributed by atoms with E-state index in [1.807, 2.05) is 30.3 Å². The SMILES string of the molecule is C=CC1CCOC(O)C1c1cccc(Br)c1. The molecule has 0 aliphatic carbocycles. The zero-order valence-electron chi connectivity index (χ0n) is 8.97. The molecule has 16 heavy (non-hydrogen) atoms. The Morgan fingerprint density at radius 3 is 3.00 bits per heavy atom. The lowest BCUT2D eigenvalue weighted by atomic mass is 9.82. The molecule has 1 saturated heterocycles. The number of halogens is 1. The average molecular weight is 283 g/mol. The van der Waals surface area contributed by atoms with E-state index in [4.69, 9.17) is 4.74 Å². The highest BCUT2D eigenvalue weighted by molar-refractivity contribution is 9.10. The normalized spacial score (nSPS) is 30.0. The highest BCUT2D eigenvalue weighted by atomic mass is 79.9. The summed E-state index contributed by atoms with van der Waals surface area (Å²) in [6.45, 7) is 4.44. The molecule has 3 heteroatoms.